The van der Waals surface area contributed by atoms with E-state index in [4.69, 9.17) is 9.72 Å². The molecule has 3 heterocycles. The van der Waals surface area contributed by atoms with E-state index in [2.05, 4.69) is 15.2 Å². The largest absolute Gasteiger partial charge is 0.465 e. The number of nitrogens with one attached hydrogen (secondary N) is 1. The monoisotopic (exact) mass is 455 g/mol. The zero-order chi connectivity index (χ0) is 22.7. The first-order chi connectivity index (χ1) is 15.4. The van der Waals surface area contributed by atoms with Crippen LogP contribution in [0, 0.1) is 10.1 Å². The number of nitro groups is 1. The number of ether oxygens (including phenoxy) is 1. The van der Waals surface area contributed by atoms with Gasteiger partial charge in [-0.05, 0) is 43.7 Å². The zero-order valence-electron chi connectivity index (χ0n) is 18.0. The Morgan fingerprint density at radius 3 is 3.03 bits per heavy atom. The van der Waals surface area contributed by atoms with Crippen LogP contribution in [0.15, 0.2) is 41.9 Å². The number of piperidine rings is 1. The van der Waals surface area contributed by atoms with E-state index in [-0.39, 0.29) is 24.3 Å². The molecule has 0 spiro atoms. The summed E-state index contributed by atoms with van der Waals surface area (Å²) in [4.78, 5) is 35.9. The number of rotatable bonds is 7. The van der Waals surface area contributed by atoms with Crippen molar-refractivity contribution in [3.05, 3.63) is 57.6 Å². The molecule has 1 aromatic carbocycles. The van der Waals surface area contributed by atoms with Gasteiger partial charge in [-0.2, -0.15) is 0 Å². The third-order valence-corrected chi connectivity index (χ3v) is 6.65. The highest BCUT2D eigenvalue weighted by Crippen LogP contribution is 2.32. The Labute approximate surface area is 189 Å². The van der Waals surface area contributed by atoms with Crippen molar-refractivity contribution in [2.45, 2.75) is 44.8 Å². The second-order valence-electron chi connectivity index (χ2n) is 7.93. The number of nitrogens with zero attached hydrogens (tertiary/aromatic N) is 4. The number of aromatic nitrogens is 2. The lowest BCUT2D eigenvalue weighted by Crippen LogP contribution is -2.61. The van der Waals surface area contributed by atoms with Gasteiger partial charge in [0.2, 0.25) is 5.95 Å². The minimum absolute atomic E-state index is 0.0109. The minimum atomic E-state index is -0.885. The normalized spacial score (nSPS) is 20.9. The van der Waals surface area contributed by atoms with Crippen molar-refractivity contribution in [2.24, 2.45) is 0 Å². The number of anilines is 1. The third-order valence-electron chi connectivity index (χ3n) is 5.83. The number of thiophene rings is 1. The molecule has 0 saturated carbocycles. The number of carbonyl (C=O) groups excluding carboxylic acids is 1. The van der Waals surface area contributed by atoms with Gasteiger partial charge in [-0.1, -0.05) is 12.1 Å². The number of hydrogen-bond donors (Lipinski definition) is 1. The zero-order valence-corrected chi connectivity index (χ0v) is 18.8. The lowest BCUT2D eigenvalue weighted by atomic mass is 9.83. The molecular formula is C22H25N5O4S. The summed E-state index contributed by atoms with van der Waals surface area (Å²) in [6.45, 7) is 5.03. The first-order valence-corrected chi connectivity index (χ1v) is 11.4. The molecule has 2 aromatic heterocycles. The van der Waals surface area contributed by atoms with Gasteiger partial charge in [-0.25, -0.2) is 9.97 Å². The summed E-state index contributed by atoms with van der Waals surface area (Å²) in [7, 11) is 0. The predicted octanol–water partition coefficient (Wildman–Crippen LogP) is 3.68. The molecule has 10 heteroatoms. The molecule has 0 bridgehead atoms. The number of fused-ring (bicyclic) bond motifs is 1. The Kier molecular flexibility index (Phi) is 6.33. The maximum Gasteiger partial charge on any atom is 0.326 e. The van der Waals surface area contributed by atoms with Crippen molar-refractivity contribution in [3.8, 4) is 0 Å². The molecule has 168 valence electrons. The molecule has 0 amide bonds. The Morgan fingerprint density at radius 1 is 1.44 bits per heavy atom. The highest BCUT2D eigenvalue weighted by atomic mass is 32.1. The van der Waals surface area contributed by atoms with Crippen LogP contribution >= 0.6 is 11.3 Å². The highest BCUT2D eigenvalue weighted by Gasteiger charge is 2.45. The van der Waals surface area contributed by atoms with E-state index in [0.717, 1.165) is 15.8 Å². The number of hydrogen-bond acceptors (Lipinski definition) is 9. The van der Waals surface area contributed by atoms with Crippen LogP contribution in [0.4, 0.5) is 11.6 Å². The van der Waals surface area contributed by atoms with Crippen LogP contribution in [0.5, 0.6) is 0 Å². The first-order valence-electron chi connectivity index (χ1n) is 10.5. The van der Waals surface area contributed by atoms with Crippen molar-refractivity contribution in [3.63, 3.8) is 0 Å². The van der Waals surface area contributed by atoms with Crippen LogP contribution in [-0.2, 0) is 16.1 Å². The molecular weight excluding hydrogens is 430 g/mol. The van der Waals surface area contributed by atoms with Crippen LogP contribution in [0.3, 0.4) is 0 Å². The number of esters is 1. The van der Waals surface area contributed by atoms with Gasteiger partial charge in [-0.3, -0.25) is 20.2 Å². The Morgan fingerprint density at radius 2 is 2.28 bits per heavy atom. The van der Waals surface area contributed by atoms with Gasteiger partial charge in [0.1, 0.15) is 10.4 Å². The number of benzene rings is 1. The Balaban J connectivity index is 1.53. The summed E-state index contributed by atoms with van der Waals surface area (Å²) in [6, 6.07) is 8.41. The van der Waals surface area contributed by atoms with Gasteiger partial charge in [0.05, 0.1) is 11.5 Å². The molecule has 1 saturated heterocycles. The van der Waals surface area contributed by atoms with E-state index in [1.165, 1.54) is 12.1 Å². The van der Waals surface area contributed by atoms with Crippen molar-refractivity contribution < 1.29 is 14.5 Å². The van der Waals surface area contributed by atoms with Gasteiger partial charge >= 0.3 is 5.97 Å². The van der Waals surface area contributed by atoms with Crippen molar-refractivity contribution >= 4 is 39.2 Å². The number of carbonyl (C=O) groups is 1. The standard InChI is InChI=1S/C22H25N5O4S/c1-3-31-20(28)22(24-13-16-5-4-6-18(11-16)27(29)30)8-9-26(15(2)12-22)21-23-14-17-7-10-32-19(17)25-21/h4-7,10-11,14-15,24H,3,8-9,12-13H2,1-2H3. The molecule has 3 aromatic rings. The lowest BCUT2D eigenvalue weighted by Gasteiger charge is -2.44. The van der Waals surface area contributed by atoms with Gasteiger partial charge in [-0.15, -0.1) is 11.3 Å². The van der Waals surface area contributed by atoms with Crippen molar-refractivity contribution in [1.29, 1.82) is 0 Å². The Hall–Kier alpha value is -3.11. The van der Waals surface area contributed by atoms with Crippen molar-refractivity contribution in [2.75, 3.05) is 18.1 Å². The topological polar surface area (TPSA) is 110 Å². The summed E-state index contributed by atoms with van der Waals surface area (Å²) in [6.07, 6.45) is 2.85. The van der Waals surface area contributed by atoms with Gasteiger partial charge in [0.25, 0.3) is 5.69 Å². The summed E-state index contributed by atoms with van der Waals surface area (Å²) in [5.41, 5.74) is -0.118. The van der Waals surface area contributed by atoms with E-state index in [1.807, 2.05) is 30.6 Å². The summed E-state index contributed by atoms with van der Waals surface area (Å²) in [5, 5.41) is 17.5. The van der Waals surface area contributed by atoms with Crippen LogP contribution < -0.4 is 10.2 Å². The molecule has 9 nitrogen and oxygen atoms in total. The van der Waals surface area contributed by atoms with E-state index in [1.54, 1.807) is 24.3 Å². The maximum atomic E-state index is 13.0. The van der Waals surface area contributed by atoms with Gasteiger partial charge < -0.3 is 9.64 Å². The van der Waals surface area contributed by atoms with Crippen LogP contribution in [0.25, 0.3) is 10.2 Å². The minimum Gasteiger partial charge on any atom is -0.465 e. The molecule has 0 aliphatic carbocycles. The third kappa shape index (κ3) is 4.42. The second kappa shape index (κ2) is 9.17. The predicted molar refractivity (Wildman–Crippen MR) is 123 cm³/mol. The summed E-state index contributed by atoms with van der Waals surface area (Å²) in [5.74, 6) is 0.357. The van der Waals surface area contributed by atoms with Gasteiger partial charge in [0.15, 0.2) is 0 Å². The van der Waals surface area contributed by atoms with E-state index in [9.17, 15) is 14.9 Å². The Bertz CT molecular complexity index is 1140. The molecule has 2 atom stereocenters. The average molecular weight is 456 g/mol. The quantitative estimate of drug-likeness (QED) is 0.326. The highest BCUT2D eigenvalue weighted by molar-refractivity contribution is 7.16. The molecule has 2 unspecified atom stereocenters. The van der Waals surface area contributed by atoms with E-state index >= 15 is 0 Å². The fourth-order valence-corrected chi connectivity index (χ4v) is 4.90. The van der Waals surface area contributed by atoms with Crippen LogP contribution in [-0.4, -0.2) is 45.6 Å². The average Bonchev–Trinajstić information content (AvgIpc) is 3.26. The molecule has 1 fully saturated rings. The lowest BCUT2D eigenvalue weighted by molar-refractivity contribution is -0.384. The molecule has 1 aliphatic rings. The fraction of sp³-hybridized carbons (Fsp3) is 0.409. The number of nitro benzene ring substituents is 1. The first kappa shape index (κ1) is 22.1. The summed E-state index contributed by atoms with van der Waals surface area (Å²) >= 11 is 1.57. The maximum absolute atomic E-state index is 13.0. The molecule has 1 aliphatic heterocycles. The molecule has 1 N–H and O–H groups in total. The molecule has 0 radical (unpaired) electrons. The van der Waals surface area contributed by atoms with Crippen molar-refractivity contribution in [1.82, 2.24) is 15.3 Å². The molecule has 32 heavy (non-hydrogen) atoms. The van der Waals surface area contributed by atoms with Crippen LogP contribution in [0.1, 0.15) is 32.3 Å². The SMILES string of the molecule is CCOC(=O)C1(NCc2cccc([N+](=O)[O-])c2)CCN(c2ncc3ccsc3n2)C(C)C1. The summed E-state index contributed by atoms with van der Waals surface area (Å²) < 4.78 is 5.41. The van der Waals surface area contributed by atoms with E-state index < -0.39 is 10.5 Å². The fourth-order valence-electron chi connectivity index (χ4n) is 4.17. The number of non-ortho nitro benzene ring substituents is 1. The smallest absolute Gasteiger partial charge is 0.326 e. The molecule has 4 rings (SSSR count). The van der Waals surface area contributed by atoms with Gasteiger partial charge in [0, 0.05) is 42.8 Å². The van der Waals surface area contributed by atoms with Crippen LogP contribution in [0.2, 0.25) is 0 Å². The second-order valence-corrected chi connectivity index (χ2v) is 8.83. The van der Waals surface area contributed by atoms with E-state index in [0.29, 0.717) is 31.9 Å².